The second-order valence-electron chi connectivity index (χ2n) is 8.63. The molecule has 1 atom stereocenters. The van der Waals surface area contributed by atoms with Crippen LogP contribution in [0, 0.1) is 0 Å². The molecule has 2 heterocycles. The van der Waals surface area contributed by atoms with Crippen LogP contribution in [0.15, 0.2) is 48.2 Å². The molecule has 2 aromatic rings. The lowest BCUT2D eigenvalue weighted by molar-refractivity contribution is -0.124. The van der Waals surface area contributed by atoms with Crippen LogP contribution in [0.25, 0.3) is 6.08 Å². The van der Waals surface area contributed by atoms with E-state index in [9.17, 15) is 14.7 Å². The number of para-hydroxylation sites is 2. The zero-order valence-electron chi connectivity index (χ0n) is 21.2. The fourth-order valence-electron chi connectivity index (χ4n) is 4.48. The fourth-order valence-corrected chi connectivity index (χ4v) is 4.48. The summed E-state index contributed by atoms with van der Waals surface area (Å²) in [5.41, 5.74) is 1.87. The summed E-state index contributed by atoms with van der Waals surface area (Å²) >= 11 is 0. The molecule has 0 aliphatic carbocycles. The number of aliphatic hydroxyl groups excluding tert-OH is 1. The number of aliphatic hydroxyl groups is 1. The number of ether oxygens (including phenoxy) is 3. The van der Waals surface area contributed by atoms with Crippen molar-refractivity contribution in [3.8, 4) is 17.2 Å². The Kier molecular flexibility index (Phi) is 9.62. The van der Waals surface area contributed by atoms with Crippen LogP contribution >= 0.6 is 12.4 Å². The maximum Gasteiger partial charge on any atom is 0.329 e. The highest BCUT2D eigenvalue weighted by Crippen LogP contribution is 2.29. The number of carbonyl (C=O) groups is 2. The van der Waals surface area contributed by atoms with Crippen molar-refractivity contribution in [1.29, 1.82) is 0 Å². The van der Waals surface area contributed by atoms with Crippen molar-refractivity contribution >= 4 is 36.1 Å². The lowest BCUT2D eigenvalue weighted by Gasteiger charge is -2.37. The van der Waals surface area contributed by atoms with E-state index in [0.717, 1.165) is 42.5 Å². The molecule has 2 aliphatic heterocycles. The minimum Gasteiger partial charge on any atom is -0.495 e. The van der Waals surface area contributed by atoms with Gasteiger partial charge < -0.3 is 29.5 Å². The minimum absolute atomic E-state index is 0. The van der Waals surface area contributed by atoms with Crippen molar-refractivity contribution < 1.29 is 28.9 Å². The lowest BCUT2D eigenvalue weighted by Crippen LogP contribution is -2.50. The minimum atomic E-state index is -0.863. The molecular weight excluding hydrogens is 500 g/mol. The van der Waals surface area contributed by atoms with Gasteiger partial charge >= 0.3 is 6.03 Å². The Morgan fingerprint density at radius 2 is 1.59 bits per heavy atom. The van der Waals surface area contributed by atoms with Gasteiger partial charge in [-0.3, -0.25) is 14.6 Å². The van der Waals surface area contributed by atoms with Crippen molar-refractivity contribution in [1.82, 2.24) is 15.1 Å². The predicted molar refractivity (Wildman–Crippen MR) is 143 cm³/mol. The second kappa shape index (κ2) is 12.7. The molecule has 0 saturated carbocycles. The monoisotopic (exact) mass is 532 g/mol. The number of halogens is 1. The Hall–Kier alpha value is -3.47. The summed E-state index contributed by atoms with van der Waals surface area (Å²) in [7, 11) is 4.73. The standard InChI is InChI=1S/C26H32N4O6.ClH/c1-34-22-7-5-4-6-21(22)29-12-10-28(11-13-29)16-19(31)17-30-25(32)20(27-26(30)33)14-18-8-9-23(35-2)24(15-18)36-3;/h4-9,14-15,19,31H,10-13,16-17H2,1-3H3,(H,27,33);1H/b20-14-;. The molecule has 37 heavy (non-hydrogen) atoms. The number of nitrogens with one attached hydrogen (secondary N) is 1. The Labute approximate surface area is 222 Å². The van der Waals surface area contributed by atoms with Gasteiger partial charge in [-0.1, -0.05) is 18.2 Å². The van der Waals surface area contributed by atoms with Crippen LogP contribution in [0.4, 0.5) is 10.5 Å². The van der Waals surface area contributed by atoms with E-state index >= 15 is 0 Å². The van der Waals surface area contributed by atoms with Gasteiger partial charge in [-0.2, -0.15) is 0 Å². The average Bonchev–Trinajstić information content (AvgIpc) is 3.16. The zero-order chi connectivity index (χ0) is 25.7. The first-order valence-electron chi connectivity index (χ1n) is 11.8. The molecule has 3 amide bonds. The molecule has 2 fully saturated rings. The topological polar surface area (TPSA) is 104 Å². The summed E-state index contributed by atoms with van der Waals surface area (Å²) in [5.74, 6) is 1.44. The SMILES string of the molecule is COc1ccc(/C=C2\NC(=O)N(CC(O)CN3CCN(c4ccccc4OC)CC3)C2=O)cc1OC.Cl. The summed E-state index contributed by atoms with van der Waals surface area (Å²) in [5, 5.41) is 13.3. The maximum absolute atomic E-state index is 12.9. The maximum atomic E-state index is 12.9. The summed E-state index contributed by atoms with van der Waals surface area (Å²) in [6.45, 7) is 3.36. The first-order chi connectivity index (χ1) is 17.4. The van der Waals surface area contributed by atoms with Gasteiger partial charge in [0.2, 0.25) is 0 Å². The molecule has 4 rings (SSSR count). The molecule has 2 aromatic carbocycles. The Balaban J connectivity index is 0.00000380. The molecule has 10 nitrogen and oxygen atoms in total. The number of methoxy groups -OCH3 is 3. The van der Waals surface area contributed by atoms with Crippen LogP contribution in [0.2, 0.25) is 0 Å². The van der Waals surface area contributed by atoms with E-state index in [1.54, 1.807) is 38.5 Å². The van der Waals surface area contributed by atoms with Gasteiger partial charge in [0.05, 0.1) is 39.7 Å². The van der Waals surface area contributed by atoms with E-state index in [-0.39, 0.29) is 24.6 Å². The quantitative estimate of drug-likeness (QED) is 0.374. The normalized spacial score (nSPS) is 17.9. The molecule has 0 aromatic heterocycles. The number of rotatable bonds is 9. The third-order valence-electron chi connectivity index (χ3n) is 6.34. The lowest BCUT2D eigenvalue weighted by atomic mass is 10.1. The Morgan fingerprint density at radius 3 is 2.27 bits per heavy atom. The third kappa shape index (κ3) is 6.46. The molecular formula is C26H33ClN4O6. The molecule has 2 saturated heterocycles. The molecule has 200 valence electrons. The van der Waals surface area contributed by atoms with Gasteiger partial charge in [0.15, 0.2) is 11.5 Å². The number of carbonyl (C=O) groups excluding carboxylic acids is 2. The highest BCUT2D eigenvalue weighted by Gasteiger charge is 2.35. The van der Waals surface area contributed by atoms with Crippen LogP contribution in [0.1, 0.15) is 5.56 Å². The molecule has 0 radical (unpaired) electrons. The molecule has 0 bridgehead atoms. The Bertz CT molecular complexity index is 1140. The van der Waals surface area contributed by atoms with E-state index in [1.807, 2.05) is 24.3 Å². The van der Waals surface area contributed by atoms with Crippen molar-refractivity contribution in [2.75, 3.05) is 65.5 Å². The van der Waals surface area contributed by atoms with Crippen LogP contribution in [0.3, 0.4) is 0 Å². The van der Waals surface area contributed by atoms with E-state index in [1.165, 1.54) is 7.11 Å². The largest absolute Gasteiger partial charge is 0.495 e. The highest BCUT2D eigenvalue weighted by atomic mass is 35.5. The van der Waals surface area contributed by atoms with Crippen LogP contribution in [-0.2, 0) is 4.79 Å². The van der Waals surface area contributed by atoms with Crippen molar-refractivity contribution in [2.45, 2.75) is 6.10 Å². The van der Waals surface area contributed by atoms with E-state index in [2.05, 4.69) is 15.1 Å². The Morgan fingerprint density at radius 1 is 0.919 bits per heavy atom. The number of hydrogen-bond donors (Lipinski definition) is 2. The van der Waals surface area contributed by atoms with Crippen molar-refractivity contribution in [2.24, 2.45) is 0 Å². The number of nitrogens with zero attached hydrogens (tertiary/aromatic N) is 3. The van der Waals surface area contributed by atoms with E-state index in [0.29, 0.717) is 23.6 Å². The smallest absolute Gasteiger partial charge is 0.329 e. The predicted octanol–water partition coefficient (Wildman–Crippen LogP) is 2.21. The zero-order valence-corrected chi connectivity index (χ0v) is 22.0. The highest BCUT2D eigenvalue weighted by molar-refractivity contribution is 6.14. The third-order valence-corrected chi connectivity index (χ3v) is 6.34. The number of hydrogen-bond acceptors (Lipinski definition) is 8. The number of benzene rings is 2. The van der Waals surface area contributed by atoms with Crippen LogP contribution in [-0.4, -0.2) is 93.5 Å². The number of β-amino-alcohol motifs (C(OH)–C–C–N with tert-alkyl or cyclic N) is 1. The molecule has 1 unspecified atom stereocenters. The number of urea groups is 1. The van der Waals surface area contributed by atoms with E-state index in [4.69, 9.17) is 14.2 Å². The van der Waals surface area contributed by atoms with E-state index < -0.39 is 18.0 Å². The second-order valence-corrected chi connectivity index (χ2v) is 8.63. The van der Waals surface area contributed by atoms with Gasteiger partial charge in [-0.05, 0) is 35.9 Å². The van der Waals surface area contributed by atoms with Gasteiger partial charge in [0.25, 0.3) is 5.91 Å². The van der Waals surface area contributed by atoms with Gasteiger partial charge in [0.1, 0.15) is 11.4 Å². The summed E-state index contributed by atoms with van der Waals surface area (Å²) in [6.07, 6.45) is 0.712. The van der Waals surface area contributed by atoms with Crippen molar-refractivity contribution in [3.05, 3.63) is 53.7 Å². The summed E-state index contributed by atoms with van der Waals surface area (Å²) in [4.78, 5) is 30.8. The number of imide groups is 1. The fraction of sp³-hybridized carbons (Fsp3) is 0.385. The number of anilines is 1. The van der Waals surface area contributed by atoms with Crippen molar-refractivity contribution in [3.63, 3.8) is 0 Å². The average molecular weight is 533 g/mol. The summed E-state index contributed by atoms with van der Waals surface area (Å²) < 4.78 is 16.0. The number of piperazine rings is 1. The first-order valence-corrected chi connectivity index (χ1v) is 11.8. The number of amides is 3. The summed E-state index contributed by atoms with van der Waals surface area (Å²) in [6, 6.07) is 12.6. The van der Waals surface area contributed by atoms with Crippen LogP contribution in [0.5, 0.6) is 17.2 Å². The first kappa shape index (κ1) is 28.1. The molecule has 0 spiro atoms. The van der Waals surface area contributed by atoms with Gasteiger partial charge in [0, 0.05) is 32.7 Å². The van der Waals surface area contributed by atoms with Gasteiger partial charge in [-0.25, -0.2) is 4.79 Å². The molecule has 2 aliphatic rings. The van der Waals surface area contributed by atoms with Gasteiger partial charge in [-0.15, -0.1) is 12.4 Å². The van der Waals surface area contributed by atoms with Crippen LogP contribution < -0.4 is 24.4 Å². The molecule has 11 heteroatoms. The molecule has 2 N–H and O–H groups in total.